The number of anilines is 1. The van der Waals surface area contributed by atoms with E-state index in [0.29, 0.717) is 73.3 Å². The van der Waals surface area contributed by atoms with Gasteiger partial charge in [0.2, 0.25) is 0 Å². The lowest BCUT2D eigenvalue weighted by Crippen LogP contribution is -2.36. The molecule has 0 unspecified atom stereocenters. The maximum atomic E-state index is 13.7. The molecule has 1 fully saturated rings. The Balaban J connectivity index is 1.66. The van der Waals surface area contributed by atoms with E-state index in [0.717, 1.165) is 5.56 Å². The second-order valence-corrected chi connectivity index (χ2v) is 7.38. The third kappa shape index (κ3) is 3.88. The van der Waals surface area contributed by atoms with Crippen LogP contribution in [-0.4, -0.2) is 61.2 Å². The summed E-state index contributed by atoms with van der Waals surface area (Å²) in [6.45, 7) is 6.58. The summed E-state index contributed by atoms with van der Waals surface area (Å²) in [6, 6.07) is 4.18. The lowest BCUT2D eigenvalue weighted by atomic mass is 10.0. The molecular formula is C22H24FN3O4. The van der Waals surface area contributed by atoms with Crippen LogP contribution in [0.3, 0.4) is 0 Å². The average Bonchev–Trinajstić information content (AvgIpc) is 3.22. The van der Waals surface area contributed by atoms with Gasteiger partial charge in [-0.2, -0.15) is 0 Å². The van der Waals surface area contributed by atoms with Crippen LogP contribution in [0, 0.1) is 19.7 Å². The highest BCUT2D eigenvalue weighted by Gasteiger charge is 2.27. The lowest BCUT2D eigenvalue weighted by Gasteiger charge is -2.22. The van der Waals surface area contributed by atoms with Crippen LogP contribution in [0.25, 0.3) is 11.6 Å². The highest BCUT2D eigenvalue weighted by Crippen LogP contribution is 2.34. The van der Waals surface area contributed by atoms with Gasteiger partial charge in [-0.15, -0.1) is 0 Å². The summed E-state index contributed by atoms with van der Waals surface area (Å²) in [5.74, 6) is -0.824. The Morgan fingerprint density at radius 2 is 1.83 bits per heavy atom. The molecular weight excluding hydrogens is 389 g/mol. The molecule has 2 aliphatic rings. The number of rotatable bonds is 2. The minimum atomic E-state index is -0.413. The molecule has 0 aliphatic carbocycles. The molecule has 0 atom stereocenters. The fourth-order valence-electron chi connectivity index (χ4n) is 3.83. The van der Waals surface area contributed by atoms with E-state index >= 15 is 0 Å². The maximum Gasteiger partial charge on any atom is 0.256 e. The third-order valence-electron chi connectivity index (χ3n) is 5.41. The molecule has 2 aliphatic heterocycles. The number of nitrogens with one attached hydrogen (secondary N) is 2. The number of H-pyrrole nitrogens is 1. The van der Waals surface area contributed by atoms with Crippen LogP contribution in [-0.2, 0) is 14.3 Å². The number of carbonyl (C=O) groups is 2. The number of aromatic amines is 1. The van der Waals surface area contributed by atoms with Gasteiger partial charge in [0.15, 0.2) is 0 Å². The molecule has 0 spiro atoms. The summed E-state index contributed by atoms with van der Waals surface area (Å²) in [5.41, 5.74) is 4.11. The number of fused-ring (bicyclic) bond motifs is 1. The largest absolute Gasteiger partial charge is 0.377 e. The molecule has 2 amide bonds. The number of hydrogen-bond acceptors (Lipinski definition) is 4. The third-order valence-corrected chi connectivity index (χ3v) is 5.41. The number of halogens is 1. The Hall–Kier alpha value is -2.97. The predicted octanol–water partition coefficient (Wildman–Crippen LogP) is 2.75. The second-order valence-electron chi connectivity index (χ2n) is 7.38. The zero-order valence-electron chi connectivity index (χ0n) is 17.0. The van der Waals surface area contributed by atoms with E-state index in [1.165, 1.54) is 12.1 Å². The SMILES string of the molecule is Cc1[nH]c(/C=C2\C(=O)Nc3ccc(F)cc32)c(C)c1C(=O)N1CCOCCOCC1. The molecule has 30 heavy (non-hydrogen) atoms. The van der Waals surface area contributed by atoms with Gasteiger partial charge in [-0.25, -0.2) is 4.39 Å². The average molecular weight is 413 g/mol. The van der Waals surface area contributed by atoms with Crippen molar-refractivity contribution in [3.8, 4) is 0 Å². The number of benzene rings is 1. The number of carbonyl (C=O) groups excluding carboxylic acids is 2. The summed E-state index contributed by atoms with van der Waals surface area (Å²) in [7, 11) is 0. The Labute approximate surface area is 173 Å². The van der Waals surface area contributed by atoms with Crippen LogP contribution in [0.15, 0.2) is 18.2 Å². The Morgan fingerprint density at radius 3 is 2.53 bits per heavy atom. The lowest BCUT2D eigenvalue weighted by molar-refractivity contribution is -0.110. The van der Waals surface area contributed by atoms with Gasteiger partial charge in [0, 0.05) is 35.7 Å². The fourth-order valence-corrected chi connectivity index (χ4v) is 3.83. The Morgan fingerprint density at radius 1 is 1.13 bits per heavy atom. The van der Waals surface area contributed by atoms with E-state index < -0.39 is 5.82 Å². The van der Waals surface area contributed by atoms with Crippen LogP contribution in [0.2, 0.25) is 0 Å². The van der Waals surface area contributed by atoms with E-state index in [4.69, 9.17) is 9.47 Å². The highest BCUT2D eigenvalue weighted by molar-refractivity contribution is 6.34. The van der Waals surface area contributed by atoms with Crippen molar-refractivity contribution in [3.05, 3.63) is 52.1 Å². The van der Waals surface area contributed by atoms with Gasteiger partial charge in [0.05, 0.1) is 37.6 Å². The molecule has 4 rings (SSSR count). The molecule has 158 valence electrons. The van der Waals surface area contributed by atoms with E-state index in [9.17, 15) is 14.0 Å². The topological polar surface area (TPSA) is 83.7 Å². The van der Waals surface area contributed by atoms with Gasteiger partial charge in [0.1, 0.15) is 5.82 Å². The first kappa shape index (κ1) is 20.3. The van der Waals surface area contributed by atoms with Crippen LogP contribution in [0.1, 0.15) is 32.9 Å². The van der Waals surface area contributed by atoms with Crippen molar-refractivity contribution in [2.24, 2.45) is 0 Å². The number of nitrogens with zero attached hydrogens (tertiary/aromatic N) is 1. The van der Waals surface area contributed by atoms with Crippen molar-refractivity contribution >= 4 is 29.2 Å². The summed E-state index contributed by atoms with van der Waals surface area (Å²) in [4.78, 5) is 30.6. The normalized spacial score (nSPS) is 18.6. The standard InChI is InChI=1S/C22H24FN3O4/c1-13-19(12-17-16-11-15(23)3-4-18(16)25-21(17)27)24-14(2)20(13)22(28)26-5-7-29-9-10-30-8-6-26/h3-4,11-12,24H,5-10H2,1-2H3,(H,25,27)/b17-12-. The Kier molecular flexibility index (Phi) is 5.69. The number of aromatic nitrogens is 1. The van der Waals surface area contributed by atoms with Crippen molar-refractivity contribution in [1.29, 1.82) is 0 Å². The van der Waals surface area contributed by atoms with Gasteiger partial charge in [-0.05, 0) is 43.7 Å². The first-order valence-electron chi connectivity index (χ1n) is 9.92. The van der Waals surface area contributed by atoms with Crippen LogP contribution in [0.5, 0.6) is 0 Å². The molecule has 7 nitrogen and oxygen atoms in total. The van der Waals surface area contributed by atoms with Gasteiger partial charge < -0.3 is 24.7 Å². The van der Waals surface area contributed by atoms with Gasteiger partial charge >= 0.3 is 0 Å². The zero-order chi connectivity index (χ0) is 21.3. The second kappa shape index (κ2) is 8.41. The molecule has 1 aromatic carbocycles. The quantitative estimate of drug-likeness (QED) is 0.742. The van der Waals surface area contributed by atoms with Crippen molar-refractivity contribution in [3.63, 3.8) is 0 Å². The van der Waals surface area contributed by atoms with Crippen molar-refractivity contribution in [1.82, 2.24) is 9.88 Å². The van der Waals surface area contributed by atoms with Crippen molar-refractivity contribution in [2.45, 2.75) is 13.8 Å². The monoisotopic (exact) mass is 413 g/mol. The van der Waals surface area contributed by atoms with E-state index in [-0.39, 0.29) is 11.8 Å². The zero-order valence-corrected chi connectivity index (χ0v) is 17.0. The van der Waals surface area contributed by atoms with E-state index in [1.54, 1.807) is 17.0 Å². The summed E-state index contributed by atoms with van der Waals surface area (Å²) >= 11 is 0. The van der Waals surface area contributed by atoms with Crippen LogP contribution in [0.4, 0.5) is 10.1 Å². The number of amides is 2. The molecule has 0 saturated carbocycles. The number of ether oxygens (including phenoxy) is 2. The number of hydrogen-bond donors (Lipinski definition) is 2. The Bertz CT molecular complexity index is 1020. The molecule has 0 bridgehead atoms. The minimum absolute atomic E-state index is 0.109. The summed E-state index contributed by atoms with van der Waals surface area (Å²) < 4.78 is 24.6. The minimum Gasteiger partial charge on any atom is -0.377 e. The van der Waals surface area contributed by atoms with Gasteiger partial charge in [-0.1, -0.05) is 0 Å². The smallest absolute Gasteiger partial charge is 0.256 e. The molecule has 1 saturated heterocycles. The van der Waals surface area contributed by atoms with Crippen molar-refractivity contribution in [2.75, 3.05) is 44.8 Å². The molecule has 0 radical (unpaired) electrons. The fraction of sp³-hybridized carbons (Fsp3) is 0.364. The molecule has 2 N–H and O–H groups in total. The van der Waals surface area contributed by atoms with E-state index in [2.05, 4.69) is 10.3 Å². The van der Waals surface area contributed by atoms with Crippen molar-refractivity contribution < 1.29 is 23.5 Å². The highest BCUT2D eigenvalue weighted by atomic mass is 19.1. The molecule has 3 heterocycles. The van der Waals surface area contributed by atoms with E-state index in [1.807, 2.05) is 13.8 Å². The van der Waals surface area contributed by atoms with Gasteiger partial charge in [0.25, 0.3) is 11.8 Å². The first-order chi connectivity index (χ1) is 14.5. The first-order valence-corrected chi connectivity index (χ1v) is 9.92. The maximum absolute atomic E-state index is 13.7. The molecule has 1 aromatic heterocycles. The number of aryl methyl sites for hydroxylation is 1. The van der Waals surface area contributed by atoms with Crippen LogP contribution < -0.4 is 5.32 Å². The molecule has 8 heteroatoms. The van der Waals surface area contributed by atoms with Crippen LogP contribution >= 0.6 is 0 Å². The molecule has 2 aromatic rings. The van der Waals surface area contributed by atoms with Gasteiger partial charge in [-0.3, -0.25) is 9.59 Å². The summed E-state index contributed by atoms with van der Waals surface area (Å²) in [5, 5.41) is 2.74. The predicted molar refractivity (Wildman–Crippen MR) is 111 cm³/mol. The summed E-state index contributed by atoms with van der Waals surface area (Å²) in [6.07, 6.45) is 1.67.